The van der Waals surface area contributed by atoms with E-state index in [0.29, 0.717) is 18.0 Å². The van der Waals surface area contributed by atoms with Crippen molar-refractivity contribution >= 4 is 17.6 Å². The van der Waals surface area contributed by atoms with Gasteiger partial charge in [0.15, 0.2) is 0 Å². The maximum absolute atomic E-state index is 13.0. The second kappa shape index (κ2) is 7.38. The molecule has 2 aromatic carbocycles. The summed E-state index contributed by atoms with van der Waals surface area (Å²) in [5.74, 6) is 0.543. The zero-order valence-electron chi connectivity index (χ0n) is 14.5. The SMILES string of the molecule is CCCCN1C(=O)C(c2ccccc2)N(c2ccc(OC)cc2)C1=O. The number of methoxy groups -OCH3 is 1. The van der Waals surface area contributed by atoms with Gasteiger partial charge in [-0.2, -0.15) is 0 Å². The molecule has 1 aliphatic rings. The number of urea groups is 1. The van der Waals surface area contributed by atoms with E-state index < -0.39 is 6.04 Å². The van der Waals surface area contributed by atoms with Gasteiger partial charge in [-0.25, -0.2) is 4.79 Å². The molecule has 0 radical (unpaired) electrons. The highest BCUT2D eigenvalue weighted by Crippen LogP contribution is 2.36. The van der Waals surface area contributed by atoms with Crippen molar-refractivity contribution in [2.45, 2.75) is 25.8 Å². The molecule has 2 aromatic rings. The molecule has 5 heteroatoms. The molecule has 0 aliphatic carbocycles. The maximum Gasteiger partial charge on any atom is 0.332 e. The van der Waals surface area contributed by atoms with Gasteiger partial charge in [0.25, 0.3) is 5.91 Å². The lowest BCUT2D eigenvalue weighted by Gasteiger charge is -2.22. The van der Waals surface area contributed by atoms with Gasteiger partial charge in [0, 0.05) is 12.2 Å². The number of ether oxygens (including phenoxy) is 1. The molecular weight excluding hydrogens is 316 g/mol. The van der Waals surface area contributed by atoms with Crippen LogP contribution in [-0.4, -0.2) is 30.5 Å². The van der Waals surface area contributed by atoms with Crippen LogP contribution in [0.4, 0.5) is 10.5 Å². The van der Waals surface area contributed by atoms with Gasteiger partial charge in [0.05, 0.1) is 7.11 Å². The molecule has 0 N–H and O–H groups in total. The van der Waals surface area contributed by atoms with Crippen LogP contribution >= 0.6 is 0 Å². The number of amides is 3. The molecule has 130 valence electrons. The Morgan fingerprint density at radius 1 is 1.00 bits per heavy atom. The second-order valence-electron chi connectivity index (χ2n) is 6.01. The number of carbonyl (C=O) groups is 2. The molecule has 1 unspecified atom stereocenters. The monoisotopic (exact) mass is 338 g/mol. The molecule has 5 nitrogen and oxygen atoms in total. The van der Waals surface area contributed by atoms with Crippen LogP contribution in [0.2, 0.25) is 0 Å². The molecule has 0 spiro atoms. The van der Waals surface area contributed by atoms with E-state index in [0.717, 1.165) is 18.4 Å². The van der Waals surface area contributed by atoms with Crippen LogP contribution < -0.4 is 9.64 Å². The average molecular weight is 338 g/mol. The van der Waals surface area contributed by atoms with E-state index in [1.807, 2.05) is 49.4 Å². The van der Waals surface area contributed by atoms with Crippen molar-refractivity contribution in [1.29, 1.82) is 0 Å². The standard InChI is InChI=1S/C20H22N2O3/c1-3-4-14-21-19(23)18(15-8-6-5-7-9-15)22(20(21)24)16-10-12-17(25-2)13-11-16/h5-13,18H,3-4,14H2,1-2H3. The van der Waals surface area contributed by atoms with Gasteiger partial charge in [-0.15, -0.1) is 0 Å². The van der Waals surface area contributed by atoms with E-state index in [-0.39, 0.29) is 11.9 Å². The zero-order chi connectivity index (χ0) is 17.8. The Morgan fingerprint density at radius 2 is 1.68 bits per heavy atom. The van der Waals surface area contributed by atoms with Crippen molar-refractivity contribution in [1.82, 2.24) is 4.90 Å². The molecule has 1 atom stereocenters. The van der Waals surface area contributed by atoms with Crippen LogP contribution in [0.25, 0.3) is 0 Å². The summed E-state index contributed by atoms with van der Waals surface area (Å²) < 4.78 is 5.18. The number of nitrogens with zero attached hydrogens (tertiary/aromatic N) is 2. The van der Waals surface area contributed by atoms with Crippen molar-refractivity contribution in [3.05, 3.63) is 60.2 Å². The number of anilines is 1. The Morgan fingerprint density at radius 3 is 2.28 bits per heavy atom. The van der Waals surface area contributed by atoms with E-state index in [9.17, 15) is 9.59 Å². The van der Waals surface area contributed by atoms with Gasteiger partial charge in [-0.05, 0) is 36.2 Å². The molecule has 0 aromatic heterocycles. The fourth-order valence-electron chi connectivity index (χ4n) is 3.04. The summed E-state index contributed by atoms with van der Waals surface area (Å²) >= 11 is 0. The number of imide groups is 1. The summed E-state index contributed by atoms with van der Waals surface area (Å²) in [5, 5.41) is 0. The topological polar surface area (TPSA) is 49.9 Å². The van der Waals surface area contributed by atoms with Crippen LogP contribution in [0, 0.1) is 0 Å². The molecule has 0 bridgehead atoms. The average Bonchev–Trinajstić information content (AvgIpc) is 2.91. The van der Waals surface area contributed by atoms with E-state index in [4.69, 9.17) is 4.74 Å². The Bertz CT molecular complexity index is 743. The van der Waals surface area contributed by atoms with E-state index >= 15 is 0 Å². The fourth-order valence-corrected chi connectivity index (χ4v) is 3.04. The van der Waals surface area contributed by atoms with E-state index in [1.54, 1.807) is 24.1 Å². The lowest BCUT2D eigenvalue weighted by Crippen LogP contribution is -2.33. The van der Waals surface area contributed by atoms with Crippen LogP contribution in [0.3, 0.4) is 0 Å². The van der Waals surface area contributed by atoms with Gasteiger partial charge in [0.2, 0.25) is 0 Å². The summed E-state index contributed by atoms with van der Waals surface area (Å²) in [6.07, 6.45) is 1.73. The first-order chi connectivity index (χ1) is 12.2. The molecule has 1 aliphatic heterocycles. The predicted octanol–water partition coefficient (Wildman–Crippen LogP) is 4.01. The summed E-state index contributed by atoms with van der Waals surface area (Å²) in [7, 11) is 1.60. The first kappa shape index (κ1) is 17.0. The van der Waals surface area contributed by atoms with Gasteiger partial charge in [0.1, 0.15) is 11.8 Å². The zero-order valence-corrected chi connectivity index (χ0v) is 14.5. The highest BCUT2D eigenvalue weighted by molar-refractivity contribution is 6.14. The van der Waals surface area contributed by atoms with Gasteiger partial charge in [-0.3, -0.25) is 14.6 Å². The smallest absolute Gasteiger partial charge is 0.332 e. The van der Waals surface area contributed by atoms with Crippen molar-refractivity contribution in [2.75, 3.05) is 18.6 Å². The second-order valence-corrected chi connectivity index (χ2v) is 6.01. The van der Waals surface area contributed by atoms with Gasteiger partial charge < -0.3 is 4.74 Å². The van der Waals surface area contributed by atoms with Crippen molar-refractivity contribution < 1.29 is 14.3 Å². The number of unbranched alkanes of at least 4 members (excludes halogenated alkanes) is 1. The minimum absolute atomic E-state index is 0.166. The minimum atomic E-state index is -0.626. The maximum atomic E-state index is 13.0. The quantitative estimate of drug-likeness (QED) is 0.748. The van der Waals surface area contributed by atoms with Gasteiger partial charge >= 0.3 is 6.03 Å². The van der Waals surface area contributed by atoms with Crippen LogP contribution in [-0.2, 0) is 4.79 Å². The number of hydrogen-bond donors (Lipinski definition) is 0. The van der Waals surface area contributed by atoms with Gasteiger partial charge in [-0.1, -0.05) is 43.7 Å². The third-order valence-electron chi connectivity index (χ3n) is 4.40. The van der Waals surface area contributed by atoms with Crippen molar-refractivity contribution in [3.63, 3.8) is 0 Å². The third-order valence-corrected chi connectivity index (χ3v) is 4.40. The van der Waals surface area contributed by atoms with Crippen LogP contribution in [0.5, 0.6) is 5.75 Å². The first-order valence-electron chi connectivity index (χ1n) is 8.51. The molecule has 3 amide bonds. The predicted molar refractivity (Wildman–Crippen MR) is 96.7 cm³/mol. The minimum Gasteiger partial charge on any atom is -0.497 e. The first-order valence-corrected chi connectivity index (χ1v) is 8.51. The lowest BCUT2D eigenvalue weighted by molar-refractivity contribution is -0.127. The van der Waals surface area contributed by atoms with Crippen molar-refractivity contribution in [2.24, 2.45) is 0 Å². The molecule has 0 saturated carbocycles. The van der Waals surface area contributed by atoms with Crippen LogP contribution in [0.1, 0.15) is 31.4 Å². The van der Waals surface area contributed by atoms with Crippen molar-refractivity contribution in [3.8, 4) is 5.75 Å². The molecule has 1 fully saturated rings. The number of benzene rings is 2. The summed E-state index contributed by atoms with van der Waals surface area (Å²) in [6.45, 7) is 2.49. The number of carbonyl (C=O) groups excluding carboxylic acids is 2. The molecule has 1 saturated heterocycles. The molecule has 25 heavy (non-hydrogen) atoms. The van der Waals surface area contributed by atoms with E-state index in [2.05, 4.69) is 0 Å². The normalized spacial score (nSPS) is 17.3. The Hall–Kier alpha value is -2.82. The summed E-state index contributed by atoms with van der Waals surface area (Å²) in [4.78, 5) is 28.9. The third kappa shape index (κ3) is 3.22. The molecular formula is C20H22N2O3. The number of rotatable bonds is 6. The highest BCUT2D eigenvalue weighted by Gasteiger charge is 2.46. The Balaban J connectivity index is 2.01. The van der Waals surface area contributed by atoms with E-state index in [1.165, 1.54) is 4.90 Å². The molecule has 3 rings (SSSR count). The Labute approximate surface area is 147 Å². The summed E-state index contributed by atoms with van der Waals surface area (Å²) in [6, 6.07) is 15.8. The summed E-state index contributed by atoms with van der Waals surface area (Å²) in [5.41, 5.74) is 1.50. The lowest BCUT2D eigenvalue weighted by atomic mass is 10.1. The number of hydrogen-bond acceptors (Lipinski definition) is 3. The highest BCUT2D eigenvalue weighted by atomic mass is 16.5. The largest absolute Gasteiger partial charge is 0.497 e. The molecule has 1 heterocycles. The van der Waals surface area contributed by atoms with Crippen LogP contribution in [0.15, 0.2) is 54.6 Å². The fraction of sp³-hybridized carbons (Fsp3) is 0.300. The Kier molecular flexibility index (Phi) is 5.03.